The Morgan fingerprint density at radius 1 is 1.11 bits per heavy atom. The Hall–Kier alpha value is -2.30. The van der Waals surface area contributed by atoms with Gasteiger partial charge in [-0.2, -0.15) is 0 Å². The lowest BCUT2D eigenvalue weighted by Crippen LogP contribution is -2.00. The van der Waals surface area contributed by atoms with Crippen molar-refractivity contribution in [1.82, 2.24) is 9.97 Å². The molecule has 0 atom stereocenters. The van der Waals surface area contributed by atoms with E-state index in [-0.39, 0.29) is 5.95 Å². The van der Waals surface area contributed by atoms with Gasteiger partial charge in [0.25, 0.3) is 0 Å². The van der Waals surface area contributed by atoms with Gasteiger partial charge in [0, 0.05) is 11.3 Å². The minimum Gasteiger partial charge on any atom is -0.493 e. The third-order valence-electron chi connectivity index (χ3n) is 2.55. The number of benzene rings is 1. The largest absolute Gasteiger partial charge is 0.493 e. The van der Waals surface area contributed by atoms with E-state index in [9.17, 15) is 0 Å². The van der Waals surface area contributed by atoms with Crippen molar-refractivity contribution in [2.45, 2.75) is 6.92 Å². The molecule has 5 heteroatoms. The first kappa shape index (κ1) is 12.2. The zero-order valence-electron chi connectivity index (χ0n) is 10.6. The first-order valence-electron chi connectivity index (χ1n) is 5.48. The van der Waals surface area contributed by atoms with Gasteiger partial charge in [-0.25, -0.2) is 9.97 Å². The van der Waals surface area contributed by atoms with Crippen molar-refractivity contribution < 1.29 is 9.47 Å². The SMILES string of the molecule is COc1cccc(-c2cc(C)nc(N)n2)c1OC. The number of anilines is 1. The Balaban J connectivity index is 2.63. The smallest absolute Gasteiger partial charge is 0.220 e. The molecule has 2 rings (SSSR count). The number of ether oxygens (including phenoxy) is 2. The number of nitrogens with zero attached hydrogens (tertiary/aromatic N) is 2. The zero-order valence-corrected chi connectivity index (χ0v) is 10.6. The summed E-state index contributed by atoms with van der Waals surface area (Å²) in [6.45, 7) is 1.87. The number of nitrogens with two attached hydrogens (primary N) is 1. The summed E-state index contributed by atoms with van der Waals surface area (Å²) in [4.78, 5) is 8.27. The van der Waals surface area contributed by atoms with Crippen molar-refractivity contribution in [3.05, 3.63) is 30.0 Å². The maximum Gasteiger partial charge on any atom is 0.220 e. The first-order chi connectivity index (χ1) is 8.65. The van der Waals surface area contributed by atoms with Crippen LogP contribution in [0.1, 0.15) is 5.69 Å². The van der Waals surface area contributed by atoms with Crippen molar-refractivity contribution >= 4 is 5.95 Å². The molecule has 0 radical (unpaired) electrons. The van der Waals surface area contributed by atoms with Gasteiger partial charge in [0.05, 0.1) is 19.9 Å². The zero-order chi connectivity index (χ0) is 13.1. The molecule has 0 fully saturated rings. The molecule has 1 heterocycles. The van der Waals surface area contributed by atoms with Crippen LogP contribution in [0.15, 0.2) is 24.3 Å². The number of hydrogen-bond donors (Lipinski definition) is 1. The number of aromatic nitrogens is 2. The van der Waals surface area contributed by atoms with Crippen LogP contribution in [0.25, 0.3) is 11.3 Å². The van der Waals surface area contributed by atoms with Gasteiger partial charge in [0.1, 0.15) is 0 Å². The van der Waals surface area contributed by atoms with E-state index in [0.29, 0.717) is 11.5 Å². The van der Waals surface area contributed by atoms with Crippen molar-refractivity contribution in [2.75, 3.05) is 20.0 Å². The monoisotopic (exact) mass is 245 g/mol. The van der Waals surface area contributed by atoms with Gasteiger partial charge >= 0.3 is 0 Å². The molecule has 5 nitrogen and oxygen atoms in total. The number of methoxy groups -OCH3 is 2. The van der Waals surface area contributed by atoms with Crippen LogP contribution < -0.4 is 15.2 Å². The van der Waals surface area contributed by atoms with Crippen LogP contribution in [0.5, 0.6) is 11.5 Å². The van der Waals surface area contributed by atoms with Gasteiger partial charge in [-0.3, -0.25) is 0 Å². The average molecular weight is 245 g/mol. The highest BCUT2D eigenvalue weighted by atomic mass is 16.5. The Morgan fingerprint density at radius 2 is 1.89 bits per heavy atom. The molecular weight excluding hydrogens is 230 g/mol. The van der Waals surface area contributed by atoms with Crippen molar-refractivity contribution in [2.24, 2.45) is 0 Å². The molecule has 0 unspecified atom stereocenters. The molecule has 0 aliphatic carbocycles. The van der Waals surface area contributed by atoms with Crippen molar-refractivity contribution in [3.8, 4) is 22.8 Å². The number of rotatable bonds is 3. The van der Waals surface area contributed by atoms with E-state index < -0.39 is 0 Å². The molecule has 0 amide bonds. The molecule has 0 saturated heterocycles. The fourth-order valence-corrected chi connectivity index (χ4v) is 1.82. The molecule has 94 valence electrons. The summed E-state index contributed by atoms with van der Waals surface area (Å²) in [5.41, 5.74) is 8.02. The lowest BCUT2D eigenvalue weighted by molar-refractivity contribution is 0.356. The second-order valence-electron chi connectivity index (χ2n) is 3.79. The summed E-state index contributed by atoms with van der Waals surface area (Å²) in [6, 6.07) is 7.47. The second kappa shape index (κ2) is 4.91. The van der Waals surface area contributed by atoms with Crippen LogP contribution in [0.2, 0.25) is 0 Å². The molecule has 0 saturated carbocycles. The highest BCUT2D eigenvalue weighted by molar-refractivity contribution is 5.71. The lowest BCUT2D eigenvalue weighted by atomic mass is 10.1. The first-order valence-corrected chi connectivity index (χ1v) is 5.48. The third-order valence-corrected chi connectivity index (χ3v) is 2.55. The lowest BCUT2D eigenvalue weighted by Gasteiger charge is -2.12. The topological polar surface area (TPSA) is 70.3 Å². The molecule has 0 spiro atoms. The number of aryl methyl sites for hydroxylation is 1. The van der Waals surface area contributed by atoms with Gasteiger partial charge in [-0.15, -0.1) is 0 Å². The quantitative estimate of drug-likeness (QED) is 0.896. The van der Waals surface area contributed by atoms with Crippen LogP contribution >= 0.6 is 0 Å². The van der Waals surface area contributed by atoms with Crippen molar-refractivity contribution in [1.29, 1.82) is 0 Å². The molecule has 1 aromatic carbocycles. The summed E-state index contributed by atoms with van der Waals surface area (Å²) >= 11 is 0. The summed E-state index contributed by atoms with van der Waals surface area (Å²) < 4.78 is 10.6. The Bertz CT molecular complexity index is 550. The molecule has 2 N–H and O–H groups in total. The van der Waals surface area contributed by atoms with Crippen LogP contribution in [0.3, 0.4) is 0 Å². The van der Waals surface area contributed by atoms with Crippen LogP contribution in [-0.4, -0.2) is 24.2 Å². The standard InChI is InChI=1S/C13H15N3O2/c1-8-7-10(16-13(14)15-8)9-5-4-6-11(17-2)12(9)18-3/h4-7H,1-3H3,(H2,14,15,16). The van der Waals surface area contributed by atoms with Crippen LogP contribution in [0, 0.1) is 6.92 Å². The number of nitrogen functional groups attached to an aromatic ring is 1. The van der Waals surface area contributed by atoms with Gasteiger partial charge in [-0.05, 0) is 25.1 Å². The summed E-state index contributed by atoms with van der Waals surface area (Å²) in [5.74, 6) is 1.54. The van der Waals surface area contributed by atoms with Gasteiger partial charge in [0.15, 0.2) is 11.5 Å². The van der Waals surface area contributed by atoms with Gasteiger partial charge in [-0.1, -0.05) is 6.07 Å². The highest BCUT2D eigenvalue weighted by Gasteiger charge is 2.13. The molecule has 0 aliphatic heterocycles. The Labute approximate surface area is 106 Å². The van der Waals surface area contributed by atoms with Crippen molar-refractivity contribution in [3.63, 3.8) is 0 Å². The third kappa shape index (κ3) is 2.20. The maximum atomic E-state index is 5.66. The Kier molecular flexibility index (Phi) is 3.32. The predicted octanol–water partition coefficient (Wildman–Crippen LogP) is 2.05. The van der Waals surface area contributed by atoms with E-state index in [1.165, 1.54) is 0 Å². The summed E-state index contributed by atoms with van der Waals surface area (Å²) in [6.07, 6.45) is 0. The second-order valence-corrected chi connectivity index (χ2v) is 3.79. The van der Waals surface area contributed by atoms with Crippen LogP contribution in [-0.2, 0) is 0 Å². The van der Waals surface area contributed by atoms with E-state index in [1.54, 1.807) is 14.2 Å². The summed E-state index contributed by atoms with van der Waals surface area (Å²) in [7, 11) is 3.19. The number of para-hydroxylation sites is 1. The predicted molar refractivity (Wildman–Crippen MR) is 69.7 cm³/mol. The molecule has 1 aromatic heterocycles. The maximum absolute atomic E-state index is 5.66. The van der Waals surface area contributed by atoms with E-state index >= 15 is 0 Å². The molecular formula is C13H15N3O2. The fourth-order valence-electron chi connectivity index (χ4n) is 1.82. The normalized spacial score (nSPS) is 10.2. The summed E-state index contributed by atoms with van der Waals surface area (Å²) in [5, 5.41) is 0. The molecule has 0 bridgehead atoms. The van der Waals surface area contributed by atoms with Gasteiger partial charge in [0.2, 0.25) is 5.95 Å². The minimum atomic E-state index is 0.245. The van der Waals surface area contributed by atoms with Crippen LogP contribution in [0.4, 0.5) is 5.95 Å². The number of hydrogen-bond acceptors (Lipinski definition) is 5. The van der Waals surface area contributed by atoms with E-state index in [1.807, 2.05) is 31.2 Å². The van der Waals surface area contributed by atoms with E-state index in [2.05, 4.69) is 9.97 Å². The van der Waals surface area contributed by atoms with E-state index in [0.717, 1.165) is 17.0 Å². The minimum absolute atomic E-state index is 0.245. The Morgan fingerprint density at radius 3 is 2.50 bits per heavy atom. The van der Waals surface area contributed by atoms with Gasteiger partial charge < -0.3 is 15.2 Å². The molecule has 2 aromatic rings. The molecule has 0 aliphatic rings. The highest BCUT2D eigenvalue weighted by Crippen LogP contribution is 2.37. The average Bonchev–Trinajstić information content (AvgIpc) is 2.36. The fraction of sp³-hybridized carbons (Fsp3) is 0.231. The van der Waals surface area contributed by atoms with E-state index in [4.69, 9.17) is 15.2 Å². The molecule has 18 heavy (non-hydrogen) atoms.